The lowest BCUT2D eigenvalue weighted by atomic mass is 10.1. The molecular formula is C22H28N6O. The molecule has 1 amide bonds. The molecule has 1 aliphatic heterocycles. The van der Waals surface area contributed by atoms with E-state index in [1.807, 2.05) is 26.0 Å². The fourth-order valence-corrected chi connectivity index (χ4v) is 4.03. The molecule has 7 nitrogen and oxygen atoms in total. The molecule has 7 heteroatoms. The van der Waals surface area contributed by atoms with Gasteiger partial charge in [-0.05, 0) is 75.9 Å². The SMILES string of the molecule is Cc1nc2ncnn2c(C)c1CCC(=O)Nc1ccc(CCN2CCCC2)cc1. The van der Waals surface area contributed by atoms with E-state index in [1.165, 1.54) is 37.8 Å². The number of hydrogen-bond donors (Lipinski definition) is 1. The minimum Gasteiger partial charge on any atom is -0.326 e. The predicted octanol–water partition coefficient (Wildman–Crippen LogP) is 2.95. The van der Waals surface area contributed by atoms with Crippen molar-refractivity contribution in [1.82, 2.24) is 24.5 Å². The summed E-state index contributed by atoms with van der Waals surface area (Å²) in [5.74, 6) is 0.602. The monoisotopic (exact) mass is 392 g/mol. The van der Waals surface area contributed by atoms with Crippen LogP contribution in [-0.2, 0) is 17.6 Å². The molecule has 1 N–H and O–H groups in total. The third-order valence-electron chi connectivity index (χ3n) is 5.74. The Morgan fingerprint density at radius 3 is 2.62 bits per heavy atom. The van der Waals surface area contributed by atoms with Crippen LogP contribution in [0.5, 0.6) is 0 Å². The van der Waals surface area contributed by atoms with Crippen LogP contribution in [-0.4, -0.2) is 50.0 Å². The molecule has 0 radical (unpaired) electrons. The number of amides is 1. The summed E-state index contributed by atoms with van der Waals surface area (Å²) in [6, 6.07) is 8.22. The third-order valence-corrected chi connectivity index (χ3v) is 5.74. The van der Waals surface area contributed by atoms with Gasteiger partial charge in [0.2, 0.25) is 5.91 Å². The highest BCUT2D eigenvalue weighted by atomic mass is 16.1. The quantitative estimate of drug-likeness (QED) is 0.669. The summed E-state index contributed by atoms with van der Waals surface area (Å²) in [5, 5.41) is 7.21. The van der Waals surface area contributed by atoms with Crippen LogP contribution in [0.2, 0.25) is 0 Å². The molecule has 2 aromatic heterocycles. The van der Waals surface area contributed by atoms with Crippen molar-refractivity contribution in [2.75, 3.05) is 25.0 Å². The van der Waals surface area contributed by atoms with E-state index in [1.54, 1.807) is 4.52 Å². The van der Waals surface area contributed by atoms with E-state index in [0.717, 1.165) is 35.6 Å². The molecule has 1 aromatic carbocycles. The molecule has 3 heterocycles. The molecule has 0 spiro atoms. The Bertz CT molecular complexity index is 988. The zero-order chi connectivity index (χ0) is 20.2. The van der Waals surface area contributed by atoms with Crippen LogP contribution in [0.3, 0.4) is 0 Å². The topological polar surface area (TPSA) is 75.4 Å². The number of anilines is 1. The van der Waals surface area contributed by atoms with Crippen molar-refractivity contribution in [1.29, 1.82) is 0 Å². The molecule has 152 valence electrons. The second kappa shape index (κ2) is 8.69. The lowest BCUT2D eigenvalue weighted by molar-refractivity contribution is -0.116. The predicted molar refractivity (Wildman–Crippen MR) is 113 cm³/mol. The number of hydrogen-bond acceptors (Lipinski definition) is 5. The van der Waals surface area contributed by atoms with Crippen molar-refractivity contribution in [3.05, 3.63) is 53.1 Å². The summed E-state index contributed by atoms with van der Waals surface area (Å²) >= 11 is 0. The number of carbonyl (C=O) groups excluding carboxylic acids is 1. The Morgan fingerprint density at radius 1 is 1.10 bits per heavy atom. The Kier molecular flexibility index (Phi) is 5.85. The van der Waals surface area contributed by atoms with Gasteiger partial charge in [-0.2, -0.15) is 10.1 Å². The molecule has 3 aromatic rings. The molecule has 0 bridgehead atoms. The van der Waals surface area contributed by atoms with Crippen molar-refractivity contribution in [2.24, 2.45) is 0 Å². The maximum absolute atomic E-state index is 12.4. The first-order valence-electron chi connectivity index (χ1n) is 10.4. The average molecular weight is 393 g/mol. The molecule has 0 aliphatic carbocycles. The van der Waals surface area contributed by atoms with Gasteiger partial charge in [-0.1, -0.05) is 12.1 Å². The van der Waals surface area contributed by atoms with Crippen LogP contribution in [0.25, 0.3) is 5.78 Å². The number of fused-ring (bicyclic) bond motifs is 1. The first-order chi connectivity index (χ1) is 14.1. The van der Waals surface area contributed by atoms with Crippen molar-refractivity contribution < 1.29 is 4.79 Å². The molecule has 0 atom stereocenters. The maximum Gasteiger partial charge on any atom is 0.252 e. The molecular weight excluding hydrogens is 364 g/mol. The summed E-state index contributed by atoms with van der Waals surface area (Å²) in [4.78, 5) is 23.6. The van der Waals surface area contributed by atoms with Crippen LogP contribution in [0.1, 0.15) is 41.8 Å². The lowest BCUT2D eigenvalue weighted by Crippen LogP contribution is -2.21. The van der Waals surface area contributed by atoms with Gasteiger partial charge in [0.25, 0.3) is 5.78 Å². The number of nitrogens with zero attached hydrogens (tertiary/aromatic N) is 5. The Balaban J connectivity index is 1.30. The van der Waals surface area contributed by atoms with Gasteiger partial charge in [-0.15, -0.1) is 0 Å². The van der Waals surface area contributed by atoms with E-state index in [2.05, 4.69) is 37.4 Å². The molecule has 1 fully saturated rings. The van der Waals surface area contributed by atoms with Gasteiger partial charge in [-0.25, -0.2) is 9.50 Å². The van der Waals surface area contributed by atoms with E-state index in [-0.39, 0.29) is 5.91 Å². The Hall–Kier alpha value is -2.80. The lowest BCUT2D eigenvalue weighted by Gasteiger charge is -2.14. The van der Waals surface area contributed by atoms with E-state index < -0.39 is 0 Å². The highest BCUT2D eigenvalue weighted by molar-refractivity contribution is 5.90. The van der Waals surface area contributed by atoms with Gasteiger partial charge in [0.05, 0.1) is 0 Å². The number of aromatic nitrogens is 4. The molecule has 0 unspecified atom stereocenters. The highest BCUT2D eigenvalue weighted by Crippen LogP contribution is 2.16. The Morgan fingerprint density at radius 2 is 1.86 bits per heavy atom. The van der Waals surface area contributed by atoms with Gasteiger partial charge in [0, 0.05) is 30.0 Å². The van der Waals surface area contributed by atoms with Crippen LogP contribution >= 0.6 is 0 Å². The number of aryl methyl sites for hydroxylation is 2. The number of nitrogens with one attached hydrogen (secondary N) is 1. The van der Waals surface area contributed by atoms with Crippen LogP contribution in [0, 0.1) is 13.8 Å². The van der Waals surface area contributed by atoms with Gasteiger partial charge in [0.15, 0.2) is 0 Å². The molecule has 4 rings (SSSR count). The van der Waals surface area contributed by atoms with Gasteiger partial charge in [0.1, 0.15) is 6.33 Å². The number of benzene rings is 1. The molecule has 1 aliphatic rings. The number of rotatable bonds is 7. The second-order valence-electron chi connectivity index (χ2n) is 7.78. The fourth-order valence-electron chi connectivity index (χ4n) is 4.03. The first-order valence-corrected chi connectivity index (χ1v) is 10.4. The van der Waals surface area contributed by atoms with E-state index >= 15 is 0 Å². The minimum atomic E-state index is 0.00676. The van der Waals surface area contributed by atoms with Crippen LogP contribution < -0.4 is 5.32 Å². The van der Waals surface area contributed by atoms with E-state index in [9.17, 15) is 4.79 Å². The third kappa shape index (κ3) is 4.62. The molecule has 29 heavy (non-hydrogen) atoms. The van der Waals surface area contributed by atoms with Crippen molar-refractivity contribution >= 4 is 17.4 Å². The molecule has 1 saturated heterocycles. The zero-order valence-corrected chi connectivity index (χ0v) is 17.2. The number of likely N-dealkylation sites (tertiary alicyclic amines) is 1. The maximum atomic E-state index is 12.4. The largest absolute Gasteiger partial charge is 0.326 e. The van der Waals surface area contributed by atoms with E-state index in [4.69, 9.17) is 0 Å². The fraction of sp³-hybridized carbons (Fsp3) is 0.455. The summed E-state index contributed by atoms with van der Waals surface area (Å²) < 4.78 is 1.72. The van der Waals surface area contributed by atoms with Gasteiger partial charge >= 0.3 is 0 Å². The minimum absolute atomic E-state index is 0.00676. The van der Waals surface area contributed by atoms with Crippen LogP contribution in [0.15, 0.2) is 30.6 Å². The van der Waals surface area contributed by atoms with Gasteiger partial charge in [-0.3, -0.25) is 4.79 Å². The zero-order valence-electron chi connectivity index (χ0n) is 17.2. The van der Waals surface area contributed by atoms with Crippen molar-refractivity contribution in [3.8, 4) is 0 Å². The average Bonchev–Trinajstić information content (AvgIpc) is 3.39. The molecule has 0 saturated carbocycles. The normalized spacial score (nSPS) is 14.6. The Labute approximate surface area is 171 Å². The summed E-state index contributed by atoms with van der Waals surface area (Å²) in [5.41, 5.74) is 5.10. The summed E-state index contributed by atoms with van der Waals surface area (Å²) in [6.45, 7) is 7.52. The van der Waals surface area contributed by atoms with Crippen molar-refractivity contribution in [3.63, 3.8) is 0 Å². The summed E-state index contributed by atoms with van der Waals surface area (Å²) in [7, 11) is 0. The van der Waals surface area contributed by atoms with E-state index in [0.29, 0.717) is 18.6 Å². The smallest absolute Gasteiger partial charge is 0.252 e. The summed E-state index contributed by atoms with van der Waals surface area (Å²) in [6.07, 6.45) is 6.24. The van der Waals surface area contributed by atoms with Crippen molar-refractivity contribution in [2.45, 2.75) is 46.0 Å². The van der Waals surface area contributed by atoms with Gasteiger partial charge < -0.3 is 10.2 Å². The standard InChI is InChI=1S/C22H28N6O/c1-16-20(17(2)28-22(25-16)23-15-24-28)9-10-21(29)26-19-7-5-18(6-8-19)11-14-27-12-3-4-13-27/h5-8,15H,3-4,9-14H2,1-2H3,(H,26,29). The highest BCUT2D eigenvalue weighted by Gasteiger charge is 2.13. The second-order valence-corrected chi connectivity index (χ2v) is 7.78. The number of carbonyl (C=O) groups is 1. The first kappa shape index (κ1) is 19.5. The van der Waals surface area contributed by atoms with Crippen LogP contribution in [0.4, 0.5) is 5.69 Å².